The maximum absolute atomic E-state index is 11.4. The smallest absolute Gasteiger partial charge is 0.241 e. The molecule has 1 rings (SSSR count). The third-order valence-electron chi connectivity index (χ3n) is 3.03. The molecule has 0 saturated heterocycles. The molecule has 98 valence electrons. The van der Waals surface area contributed by atoms with E-state index in [0.717, 1.165) is 25.7 Å². The molecule has 4 nitrogen and oxygen atoms in total. The molecule has 0 aliphatic heterocycles. The molecular formula is C13H24N2O2. The van der Waals surface area contributed by atoms with Crippen molar-refractivity contribution in [2.75, 3.05) is 0 Å². The summed E-state index contributed by atoms with van der Waals surface area (Å²) in [5.41, 5.74) is 4.93. The monoisotopic (exact) mass is 240 g/mol. The molecule has 17 heavy (non-hydrogen) atoms. The van der Waals surface area contributed by atoms with Crippen molar-refractivity contribution < 1.29 is 9.59 Å². The lowest BCUT2D eigenvalue weighted by atomic mass is 10.1. The molecule has 0 spiro atoms. The molecule has 0 unspecified atom stereocenters. The molecule has 0 aromatic rings. The van der Waals surface area contributed by atoms with Crippen LogP contribution in [0.4, 0.5) is 0 Å². The fourth-order valence-electron chi connectivity index (χ4n) is 1.71. The number of unbranched alkanes of at least 4 members (excludes halogenated alkanes) is 5. The van der Waals surface area contributed by atoms with Crippen molar-refractivity contribution in [2.24, 2.45) is 5.92 Å². The molecule has 0 atom stereocenters. The van der Waals surface area contributed by atoms with Crippen molar-refractivity contribution in [1.82, 2.24) is 10.9 Å². The molecule has 0 heterocycles. The highest BCUT2D eigenvalue weighted by Crippen LogP contribution is 2.28. The Kier molecular flexibility index (Phi) is 6.67. The predicted octanol–water partition coefficient (Wildman–Crippen LogP) is 2.29. The Hall–Kier alpha value is -1.06. The second-order valence-corrected chi connectivity index (χ2v) is 4.83. The van der Waals surface area contributed by atoms with Crippen LogP contribution in [0.1, 0.15) is 64.7 Å². The minimum atomic E-state index is -0.0745. The zero-order valence-electron chi connectivity index (χ0n) is 10.8. The van der Waals surface area contributed by atoms with Crippen LogP contribution < -0.4 is 10.9 Å². The number of amides is 2. The molecule has 2 N–H and O–H groups in total. The third kappa shape index (κ3) is 6.97. The van der Waals surface area contributed by atoms with Crippen LogP contribution in [-0.2, 0) is 9.59 Å². The SMILES string of the molecule is CCCCCCCCC(=O)NNC(=O)C1CC1. The van der Waals surface area contributed by atoms with Gasteiger partial charge in [0.2, 0.25) is 11.8 Å². The number of rotatable bonds is 8. The number of nitrogens with one attached hydrogen (secondary N) is 2. The highest BCUT2D eigenvalue weighted by molar-refractivity contribution is 5.84. The molecule has 0 bridgehead atoms. The van der Waals surface area contributed by atoms with Gasteiger partial charge in [-0.2, -0.15) is 0 Å². The topological polar surface area (TPSA) is 58.2 Å². The van der Waals surface area contributed by atoms with E-state index in [4.69, 9.17) is 0 Å². The average molecular weight is 240 g/mol. The summed E-state index contributed by atoms with van der Waals surface area (Å²) in [4.78, 5) is 22.6. The summed E-state index contributed by atoms with van der Waals surface area (Å²) in [7, 11) is 0. The molecule has 1 fully saturated rings. The van der Waals surface area contributed by atoms with E-state index in [2.05, 4.69) is 17.8 Å². The number of hydrazine groups is 1. The fourth-order valence-corrected chi connectivity index (χ4v) is 1.71. The lowest BCUT2D eigenvalue weighted by Crippen LogP contribution is -2.42. The molecular weight excluding hydrogens is 216 g/mol. The van der Waals surface area contributed by atoms with E-state index in [9.17, 15) is 9.59 Å². The average Bonchev–Trinajstić information content (AvgIpc) is 3.14. The highest BCUT2D eigenvalue weighted by atomic mass is 16.2. The maximum atomic E-state index is 11.4. The Bertz CT molecular complexity index is 250. The Morgan fingerprint density at radius 2 is 1.65 bits per heavy atom. The first-order chi connectivity index (χ1) is 8.24. The van der Waals surface area contributed by atoms with Crippen LogP contribution in [-0.4, -0.2) is 11.8 Å². The minimum Gasteiger partial charge on any atom is -0.273 e. The van der Waals surface area contributed by atoms with Crippen LogP contribution >= 0.6 is 0 Å². The van der Waals surface area contributed by atoms with Crippen molar-refractivity contribution in [3.05, 3.63) is 0 Å². The van der Waals surface area contributed by atoms with E-state index in [1.54, 1.807) is 0 Å². The van der Waals surface area contributed by atoms with Crippen LogP contribution in [0.2, 0.25) is 0 Å². The summed E-state index contributed by atoms with van der Waals surface area (Å²) < 4.78 is 0. The molecule has 1 saturated carbocycles. The molecule has 0 aromatic heterocycles. The van der Waals surface area contributed by atoms with Gasteiger partial charge in [-0.25, -0.2) is 0 Å². The van der Waals surface area contributed by atoms with Gasteiger partial charge in [-0.3, -0.25) is 20.4 Å². The largest absolute Gasteiger partial charge is 0.273 e. The standard InChI is InChI=1S/C13H24N2O2/c1-2-3-4-5-6-7-8-12(16)14-15-13(17)11-9-10-11/h11H,2-10H2,1H3,(H,14,16)(H,15,17). The van der Waals surface area contributed by atoms with Crippen molar-refractivity contribution >= 4 is 11.8 Å². The van der Waals surface area contributed by atoms with Crippen molar-refractivity contribution in [2.45, 2.75) is 64.7 Å². The first-order valence-corrected chi connectivity index (χ1v) is 6.82. The summed E-state index contributed by atoms with van der Waals surface area (Å²) in [6.07, 6.45) is 9.43. The zero-order chi connectivity index (χ0) is 12.5. The van der Waals surface area contributed by atoms with Gasteiger partial charge in [-0.15, -0.1) is 0 Å². The van der Waals surface area contributed by atoms with E-state index < -0.39 is 0 Å². The van der Waals surface area contributed by atoms with Crippen LogP contribution in [0.3, 0.4) is 0 Å². The van der Waals surface area contributed by atoms with Gasteiger partial charge in [-0.05, 0) is 19.3 Å². The lowest BCUT2D eigenvalue weighted by Gasteiger charge is -2.06. The Labute approximate surface area is 104 Å². The van der Waals surface area contributed by atoms with Gasteiger partial charge in [0.25, 0.3) is 0 Å². The van der Waals surface area contributed by atoms with Crippen LogP contribution in [0.15, 0.2) is 0 Å². The van der Waals surface area contributed by atoms with Crippen molar-refractivity contribution in [3.8, 4) is 0 Å². The van der Waals surface area contributed by atoms with Gasteiger partial charge in [0.15, 0.2) is 0 Å². The van der Waals surface area contributed by atoms with Crippen LogP contribution in [0.5, 0.6) is 0 Å². The van der Waals surface area contributed by atoms with Crippen molar-refractivity contribution in [1.29, 1.82) is 0 Å². The van der Waals surface area contributed by atoms with Crippen LogP contribution in [0, 0.1) is 5.92 Å². The van der Waals surface area contributed by atoms with Crippen LogP contribution in [0.25, 0.3) is 0 Å². The number of hydrogen-bond donors (Lipinski definition) is 2. The van der Waals surface area contributed by atoms with E-state index in [-0.39, 0.29) is 17.7 Å². The minimum absolute atomic E-state index is 0.0405. The van der Waals surface area contributed by atoms with E-state index >= 15 is 0 Å². The second-order valence-electron chi connectivity index (χ2n) is 4.83. The maximum Gasteiger partial charge on any atom is 0.241 e. The van der Waals surface area contributed by atoms with Gasteiger partial charge >= 0.3 is 0 Å². The fraction of sp³-hybridized carbons (Fsp3) is 0.846. The summed E-state index contributed by atoms with van der Waals surface area (Å²) in [6.45, 7) is 2.19. The second kappa shape index (κ2) is 8.09. The van der Waals surface area contributed by atoms with Gasteiger partial charge in [0.05, 0.1) is 0 Å². The molecule has 0 radical (unpaired) electrons. The summed E-state index contributed by atoms with van der Waals surface area (Å²) in [6, 6.07) is 0. The van der Waals surface area contributed by atoms with Gasteiger partial charge in [-0.1, -0.05) is 39.0 Å². The summed E-state index contributed by atoms with van der Waals surface area (Å²) in [5, 5.41) is 0. The first kappa shape index (κ1) is 14.0. The number of hydrogen-bond acceptors (Lipinski definition) is 2. The lowest BCUT2D eigenvalue weighted by molar-refractivity contribution is -0.129. The number of carbonyl (C=O) groups is 2. The number of carbonyl (C=O) groups excluding carboxylic acids is 2. The zero-order valence-corrected chi connectivity index (χ0v) is 10.8. The van der Waals surface area contributed by atoms with E-state index in [1.807, 2.05) is 0 Å². The van der Waals surface area contributed by atoms with Gasteiger partial charge in [0, 0.05) is 12.3 Å². The Morgan fingerprint density at radius 1 is 1.00 bits per heavy atom. The van der Waals surface area contributed by atoms with Gasteiger partial charge in [0.1, 0.15) is 0 Å². The van der Waals surface area contributed by atoms with Crippen molar-refractivity contribution in [3.63, 3.8) is 0 Å². The highest BCUT2D eigenvalue weighted by Gasteiger charge is 2.29. The van der Waals surface area contributed by atoms with E-state index in [1.165, 1.54) is 25.7 Å². The molecule has 1 aliphatic carbocycles. The quantitative estimate of drug-likeness (QED) is 0.505. The van der Waals surface area contributed by atoms with Gasteiger partial charge < -0.3 is 0 Å². The molecule has 1 aliphatic rings. The Morgan fingerprint density at radius 3 is 2.29 bits per heavy atom. The summed E-state index contributed by atoms with van der Waals surface area (Å²) >= 11 is 0. The predicted molar refractivity (Wildman–Crippen MR) is 67.0 cm³/mol. The molecule has 2 amide bonds. The summed E-state index contributed by atoms with van der Waals surface area (Å²) in [5.74, 6) is 0.0279. The molecule has 0 aromatic carbocycles. The normalized spacial score (nSPS) is 14.4. The first-order valence-electron chi connectivity index (χ1n) is 6.82. The molecule has 4 heteroatoms. The third-order valence-corrected chi connectivity index (χ3v) is 3.03. The van der Waals surface area contributed by atoms with E-state index in [0.29, 0.717) is 6.42 Å². The Balaban J connectivity index is 1.88.